The van der Waals surface area contributed by atoms with E-state index in [0.717, 1.165) is 21.3 Å². The van der Waals surface area contributed by atoms with E-state index in [-0.39, 0.29) is 54.9 Å². The molecule has 0 spiro atoms. The Bertz CT molecular complexity index is 1480. The predicted octanol–water partition coefficient (Wildman–Crippen LogP) is 2.31. The standard InChI is InChI=1S/C21H20F3N5O6/c1-12-10-25-15(33-12)11-29-16-17(27(2)20(32)28(18(16)31)7-4-8-30)26-19(29)34-13-5-3-6-14(9-13)35-21(22,23)24/h3,5-6,9-10,30H,4,7-8,11H2,1-2H3. The highest BCUT2D eigenvalue weighted by Gasteiger charge is 2.31. The third-order valence-electron chi connectivity index (χ3n) is 4.95. The molecule has 0 saturated carbocycles. The van der Waals surface area contributed by atoms with Crippen molar-refractivity contribution < 1.29 is 32.2 Å². The van der Waals surface area contributed by atoms with E-state index < -0.39 is 23.4 Å². The lowest BCUT2D eigenvalue weighted by molar-refractivity contribution is -0.274. The second kappa shape index (κ2) is 9.29. The van der Waals surface area contributed by atoms with Crippen LogP contribution in [0.1, 0.15) is 18.1 Å². The van der Waals surface area contributed by atoms with Gasteiger partial charge < -0.3 is 19.0 Å². The molecule has 35 heavy (non-hydrogen) atoms. The topological polar surface area (TPSA) is 127 Å². The highest BCUT2D eigenvalue weighted by molar-refractivity contribution is 5.72. The zero-order chi connectivity index (χ0) is 25.3. The maximum Gasteiger partial charge on any atom is 0.573 e. The van der Waals surface area contributed by atoms with E-state index in [9.17, 15) is 22.8 Å². The molecular formula is C21H20F3N5O6. The van der Waals surface area contributed by atoms with Crippen LogP contribution in [0.4, 0.5) is 13.2 Å². The molecule has 0 aliphatic rings. The summed E-state index contributed by atoms with van der Waals surface area (Å²) in [5.41, 5.74) is -1.36. The number of imidazole rings is 1. The third-order valence-corrected chi connectivity index (χ3v) is 4.95. The minimum absolute atomic E-state index is 0.0128. The molecule has 186 valence electrons. The monoisotopic (exact) mass is 495 g/mol. The lowest BCUT2D eigenvalue weighted by Gasteiger charge is -2.11. The number of hydrogen-bond acceptors (Lipinski definition) is 8. The molecule has 0 amide bonds. The van der Waals surface area contributed by atoms with Gasteiger partial charge in [-0.2, -0.15) is 4.98 Å². The molecule has 0 radical (unpaired) electrons. The number of oxazole rings is 1. The van der Waals surface area contributed by atoms with Gasteiger partial charge in [0.05, 0.1) is 6.20 Å². The van der Waals surface area contributed by atoms with E-state index in [0.29, 0.717) is 5.76 Å². The Morgan fingerprint density at radius 2 is 1.91 bits per heavy atom. The maximum absolute atomic E-state index is 13.3. The Balaban J connectivity index is 1.86. The van der Waals surface area contributed by atoms with Crippen molar-refractivity contribution in [1.29, 1.82) is 0 Å². The van der Waals surface area contributed by atoms with Gasteiger partial charge in [0, 0.05) is 26.3 Å². The van der Waals surface area contributed by atoms with Crippen LogP contribution in [0.5, 0.6) is 17.5 Å². The van der Waals surface area contributed by atoms with Crippen LogP contribution < -0.4 is 20.7 Å². The van der Waals surface area contributed by atoms with E-state index in [4.69, 9.17) is 14.3 Å². The molecular weight excluding hydrogens is 475 g/mol. The Kier molecular flexibility index (Phi) is 6.39. The Hall–Kier alpha value is -4.07. The number of halogens is 3. The van der Waals surface area contributed by atoms with E-state index in [2.05, 4.69) is 14.7 Å². The summed E-state index contributed by atoms with van der Waals surface area (Å²) in [5.74, 6) is 0.143. The second-order valence-electron chi connectivity index (χ2n) is 7.52. The number of alkyl halides is 3. The number of aryl methyl sites for hydroxylation is 2. The van der Waals surface area contributed by atoms with Crippen LogP contribution in [0.2, 0.25) is 0 Å². The molecule has 4 aromatic rings. The Morgan fingerprint density at radius 1 is 1.17 bits per heavy atom. The van der Waals surface area contributed by atoms with Gasteiger partial charge in [0.15, 0.2) is 11.2 Å². The quantitative estimate of drug-likeness (QED) is 0.395. The molecule has 0 unspecified atom stereocenters. The van der Waals surface area contributed by atoms with Gasteiger partial charge in [-0.05, 0) is 25.5 Å². The molecule has 1 aromatic carbocycles. The maximum atomic E-state index is 13.3. The zero-order valence-corrected chi connectivity index (χ0v) is 18.6. The molecule has 4 rings (SSSR count). The number of aliphatic hydroxyl groups excluding tert-OH is 1. The van der Waals surface area contributed by atoms with E-state index in [1.165, 1.54) is 29.9 Å². The largest absolute Gasteiger partial charge is 0.573 e. The van der Waals surface area contributed by atoms with Gasteiger partial charge in [0.1, 0.15) is 23.8 Å². The highest BCUT2D eigenvalue weighted by atomic mass is 19.4. The molecule has 0 fully saturated rings. The van der Waals surface area contributed by atoms with Crippen LogP contribution in [0.3, 0.4) is 0 Å². The van der Waals surface area contributed by atoms with Gasteiger partial charge in [0.25, 0.3) is 5.56 Å². The minimum atomic E-state index is -4.90. The van der Waals surface area contributed by atoms with Gasteiger partial charge >= 0.3 is 18.1 Å². The number of ether oxygens (including phenoxy) is 2. The van der Waals surface area contributed by atoms with Crippen LogP contribution in [0, 0.1) is 6.92 Å². The third kappa shape index (κ3) is 5.06. The summed E-state index contributed by atoms with van der Waals surface area (Å²) in [4.78, 5) is 34.4. The predicted molar refractivity (Wildman–Crippen MR) is 114 cm³/mol. The summed E-state index contributed by atoms with van der Waals surface area (Å²) in [6, 6.07) is 4.58. The lowest BCUT2D eigenvalue weighted by Crippen LogP contribution is -2.39. The van der Waals surface area contributed by atoms with Crippen LogP contribution >= 0.6 is 0 Å². The molecule has 0 bridgehead atoms. The van der Waals surface area contributed by atoms with E-state index >= 15 is 0 Å². The van der Waals surface area contributed by atoms with E-state index in [1.807, 2.05) is 0 Å². The minimum Gasteiger partial charge on any atom is -0.444 e. The van der Waals surface area contributed by atoms with Crippen molar-refractivity contribution in [3.8, 4) is 17.5 Å². The molecule has 14 heteroatoms. The van der Waals surface area contributed by atoms with Crippen molar-refractivity contribution in [1.82, 2.24) is 23.7 Å². The van der Waals surface area contributed by atoms with Gasteiger partial charge in [-0.3, -0.25) is 18.5 Å². The number of aromatic nitrogens is 5. The fourth-order valence-electron chi connectivity index (χ4n) is 3.45. The van der Waals surface area contributed by atoms with Gasteiger partial charge in [-0.25, -0.2) is 9.78 Å². The first-order valence-corrected chi connectivity index (χ1v) is 10.3. The molecule has 0 saturated heterocycles. The average Bonchev–Trinajstić information content (AvgIpc) is 3.35. The van der Waals surface area contributed by atoms with Crippen molar-refractivity contribution in [2.45, 2.75) is 32.8 Å². The summed E-state index contributed by atoms with van der Waals surface area (Å²) in [6.07, 6.45) is -3.25. The Labute approximate surface area is 194 Å². The van der Waals surface area contributed by atoms with Gasteiger partial charge in [0.2, 0.25) is 5.89 Å². The number of hydrogen-bond donors (Lipinski definition) is 1. The second-order valence-corrected chi connectivity index (χ2v) is 7.52. The SMILES string of the molecule is Cc1cnc(Cn2c(Oc3cccc(OC(F)(F)F)c3)nc3c2c(=O)n(CCCO)c(=O)n3C)o1. The molecule has 1 N–H and O–H groups in total. The van der Waals surface area contributed by atoms with E-state index in [1.54, 1.807) is 6.92 Å². The number of nitrogens with zero attached hydrogens (tertiary/aromatic N) is 5. The zero-order valence-electron chi connectivity index (χ0n) is 18.6. The van der Waals surface area contributed by atoms with Crippen molar-refractivity contribution >= 4 is 11.2 Å². The summed E-state index contributed by atoms with van der Waals surface area (Å²) < 4.78 is 56.4. The molecule has 0 atom stereocenters. The summed E-state index contributed by atoms with van der Waals surface area (Å²) >= 11 is 0. The number of benzene rings is 1. The first-order chi connectivity index (χ1) is 16.6. The van der Waals surface area contributed by atoms with Crippen molar-refractivity contribution in [3.63, 3.8) is 0 Å². The van der Waals surface area contributed by atoms with Crippen molar-refractivity contribution in [2.75, 3.05) is 6.61 Å². The van der Waals surface area contributed by atoms with Crippen LogP contribution in [0.25, 0.3) is 11.2 Å². The molecule has 3 heterocycles. The summed E-state index contributed by atoms with van der Waals surface area (Å²) in [6.45, 7) is 1.30. The molecule has 3 aromatic heterocycles. The fourth-order valence-corrected chi connectivity index (χ4v) is 3.45. The number of rotatable bonds is 8. The van der Waals surface area contributed by atoms with Crippen LogP contribution in [-0.4, -0.2) is 41.7 Å². The highest BCUT2D eigenvalue weighted by Crippen LogP contribution is 2.30. The summed E-state index contributed by atoms with van der Waals surface area (Å²) in [7, 11) is 1.41. The molecule has 0 aliphatic heterocycles. The van der Waals surface area contributed by atoms with Gasteiger partial charge in [-0.1, -0.05) is 6.07 Å². The van der Waals surface area contributed by atoms with Crippen molar-refractivity contribution in [3.05, 3.63) is 63.0 Å². The molecule has 0 aliphatic carbocycles. The Morgan fingerprint density at radius 3 is 2.57 bits per heavy atom. The van der Waals surface area contributed by atoms with Crippen molar-refractivity contribution in [2.24, 2.45) is 7.05 Å². The van der Waals surface area contributed by atoms with Gasteiger partial charge in [-0.15, -0.1) is 13.2 Å². The first-order valence-electron chi connectivity index (χ1n) is 10.3. The summed E-state index contributed by atoms with van der Waals surface area (Å²) in [5, 5.41) is 9.14. The molecule has 11 nitrogen and oxygen atoms in total. The van der Waals surface area contributed by atoms with Crippen LogP contribution in [-0.2, 0) is 20.1 Å². The normalized spacial score (nSPS) is 11.8. The first kappa shape index (κ1) is 24.1. The number of fused-ring (bicyclic) bond motifs is 1. The smallest absolute Gasteiger partial charge is 0.444 e. The average molecular weight is 495 g/mol. The van der Waals surface area contributed by atoms with Crippen LogP contribution in [0.15, 0.2) is 44.5 Å². The fraction of sp³-hybridized carbons (Fsp3) is 0.333. The lowest BCUT2D eigenvalue weighted by atomic mass is 10.3. The number of aliphatic hydroxyl groups is 1.